The van der Waals surface area contributed by atoms with E-state index < -0.39 is 0 Å². The van der Waals surface area contributed by atoms with Crippen LogP contribution >= 0.6 is 11.6 Å². The predicted molar refractivity (Wildman–Crippen MR) is 87.5 cm³/mol. The lowest BCUT2D eigenvalue weighted by atomic mass is 9.94. The Hall–Kier alpha value is -1.91. The van der Waals surface area contributed by atoms with Gasteiger partial charge in [0.1, 0.15) is 0 Å². The molecule has 0 aliphatic carbocycles. The predicted octanol–water partition coefficient (Wildman–Crippen LogP) is 3.04. The van der Waals surface area contributed by atoms with Crippen molar-refractivity contribution in [2.75, 3.05) is 27.2 Å². The Morgan fingerprint density at radius 2 is 1.82 bits per heavy atom. The highest BCUT2D eigenvalue weighted by Gasteiger charge is 2.32. The SMILES string of the molecule is CN(C)CCCN1C(=O)c2cccc3cc(Cl)cc(c23)C1=O. The van der Waals surface area contributed by atoms with Crippen molar-refractivity contribution in [3.63, 3.8) is 0 Å². The molecular formula is C17H17ClN2O2. The number of rotatable bonds is 4. The minimum Gasteiger partial charge on any atom is -0.309 e. The fourth-order valence-corrected chi connectivity index (χ4v) is 3.10. The van der Waals surface area contributed by atoms with Crippen LogP contribution in [-0.2, 0) is 0 Å². The fraction of sp³-hybridized carbons (Fsp3) is 0.294. The summed E-state index contributed by atoms with van der Waals surface area (Å²) in [6.07, 6.45) is 0.746. The minimum absolute atomic E-state index is 0.218. The van der Waals surface area contributed by atoms with Crippen LogP contribution in [0, 0.1) is 0 Å². The highest BCUT2D eigenvalue weighted by atomic mass is 35.5. The molecular weight excluding hydrogens is 300 g/mol. The van der Waals surface area contributed by atoms with E-state index in [-0.39, 0.29) is 11.8 Å². The van der Waals surface area contributed by atoms with Crippen molar-refractivity contribution in [2.24, 2.45) is 0 Å². The number of benzene rings is 2. The Kier molecular flexibility index (Phi) is 3.89. The third kappa shape index (κ3) is 2.49. The Morgan fingerprint density at radius 3 is 2.55 bits per heavy atom. The second-order valence-electron chi connectivity index (χ2n) is 5.78. The Labute approximate surface area is 134 Å². The molecule has 4 nitrogen and oxygen atoms in total. The highest BCUT2D eigenvalue weighted by Crippen LogP contribution is 2.32. The molecule has 0 saturated carbocycles. The third-order valence-electron chi connectivity index (χ3n) is 3.88. The van der Waals surface area contributed by atoms with Crippen molar-refractivity contribution in [2.45, 2.75) is 6.42 Å². The number of halogens is 1. The van der Waals surface area contributed by atoms with Gasteiger partial charge in [-0.3, -0.25) is 14.5 Å². The fourth-order valence-electron chi connectivity index (χ4n) is 2.87. The molecule has 1 aliphatic rings. The van der Waals surface area contributed by atoms with Gasteiger partial charge < -0.3 is 4.90 Å². The summed E-state index contributed by atoms with van der Waals surface area (Å²) in [5.74, 6) is -0.473. The lowest BCUT2D eigenvalue weighted by Crippen LogP contribution is -2.41. The van der Waals surface area contributed by atoms with Crippen molar-refractivity contribution in [3.05, 3.63) is 46.5 Å². The van der Waals surface area contributed by atoms with E-state index in [1.54, 1.807) is 18.2 Å². The Bertz CT molecular complexity index is 771. The molecule has 22 heavy (non-hydrogen) atoms. The summed E-state index contributed by atoms with van der Waals surface area (Å²) in [5, 5.41) is 2.05. The Morgan fingerprint density at radius 1 is 1.09 bits per heavy atom. The van der Waals surface area contributed by atoms with E-state index in [2.05, 4.69) is 0 Å². The highest BCUT2D eigenvalue weighted by molar-refractivity contribution is 6.33. The molecule has 0 radical (unpaired) electrons. The van der Waals surface area contributed by atoms with E-state index >= 15 is 0 Å². The van der Waals surface area contributed by atoms with E-state index in [0.29, 0.717) is 28.1 Å². The minimum atomic E-state index is -0.255. The van der Waals surface area contributed by atoms with Crippen molar-refractivity contribution in [1.29, 1.82) is 0 Å². The van der Waals surface area contributed by atoms with Crippen LogP contribution in [0.25, 0.3) is 10.8 Å². The largest absolute Gasteiger partial charge is 0.309 e. The summed E-state index contributed by atoms with van der Waals surface area (Å²) in [6.45, 7) is 1.24. The molecule has 5 heteroatoms. The van der Waals surface area contributed by atoms with Crippen LogP contribution in [0.15, 0.2) is 30.3 Å². The molecule has 3 rings (SSSR count). The molecule has 1 heterocycles. The average Bonchev–Trinajstić information content (AvgIpc) is 2.47. The molecule has 1 aliphatic heterocycles. The van der Waals surface area contributed by atoms with Gasteiger partial charge in [0.15, 0.2) is 0 Å². The molecule has 0 spiro atoms. The summed E-state index contributed by atoms with van der Waals surface area (Å²) in [7, 11) is 3.94. The van der Waals surface area contributed by atoms with Gasteiger partial charge in [-0.05, 0) is 50.6 Å². The van der Waals surface area contributed by atoms with Crippen molar-refractivity contribution < 1.29 is 9.59 Å². The average molecular weight is 317 g/mol. The first-order chi connectivity index (χ1) is 10.5. The van der Waals surface area contributed by atoms with Gasteiger partial charge in [0.25, 0.3) is 11.8 Å². The molecule has 2 amide bonds. The standard InChI is InChI=1S/C17H17ClN2O2/c1-19(2)7-4-8-20-16(21)13-6-3-5-11-9-12(18)10-14(15(11)13)17(20)22/h3,5-6,9-10H,4,7-8H2,1-2H3. The summed E-state index contributed by atoms with van der Waals surface area (Å²) < 4.78 is 0. The molecule has 0 aromatic heterocycles. The monoisotopic (exact) mass is 316 g/mol. The zero-order valence-corrected chi connectivity index (χ0v) is 13.4. The van der Waals surface area contributed by atoms with Crippen LogP contribution in [0.3, 0.4) is 0 Å². The molecule has 0 fully saturated rings. The van der Waals surface area contributed by atoms with Gasteiger partial charge in [-0.2, -0.15) is 0 Å². The van der Waals surface area contributed by atoms with Crippen LogP contribution in [0.1, 0.15) is 27.1 Å². The maximum Gasteiger partial charge on any atom is 0.261 e. The second-order valence-corrected chi connectivity index (χ2v) is 6.21. The maximum atomic E-state index is 12.7. The molecule has 2 aromatic rings. The van der Waals surface area contributed by atoms with Gasteiger partial charge in [0.2, 0.25) is 0 Å². The van der Waals surface area contributed by atoms with Gasteiger partial charge in [-0.15, -0.1) is 0 Å². The third-order valence-corrected chi connectivity index (χ3v) is 4.10. The van der Waals surface area contributed by atoms with E-state index in [4.69, 9.17) is 11.6 Å². The molecule has 2 aromatic carbocycles. The second kappa shape index (κ2) is 5.71. The van der Waals surface area contributed by atoms with Crippen molar-refractivity contribution in [1.82, 2.24) is 9.80 Å². The van der Waals surface area contributed by atoms with Gasteiger partial charge in [0, 0.05) is 22.5 Å². The normalized spacial score (nSPS) is 14.3. The van der Waals surface area contributed by atoms with Crippen molar-refractivity contribution >= 4 is 34.2 Å². The van der Waals surface area contributed by atoms with Crippen LogP contribution in [0.5, 0.6) is 0 Å². The topological polar surface area (TPSA) is 40.6 Å². The number of hydrogen-bond acceptors (Lipinski definition) is 3. The molecule has 114 valence electrons. The van der Waals surface area contributed by atoms with Gasteiger partial charge in [-0.1, -0.05) is 23.7 Å². The zero-order chi connectivity index (χ0) is 15.9. The zero-order valence-electron chi connectivity index (χ0n) is 12.6. The summed E-state index contributed by atoms with van der Waals surface area (Å²) >= 11 is 6.11. The molecule has 0 saturated heterocycles. The first-order valence-corrected chi connectivity index (χ1v) is 7.60. The summed E-state index contributed by atoms with van der Waals surface area (Å²) in [5.41, 5.74) is 1.09. The molecule has 0 unspecified atom stereocenters. The van der Waals surface area contributed by atoms with E-state index in [1.165, 1.54) is 4.90 Å². The number of imide groups is 1. The van der Waals surface area contributed by atoms with Crippen LogP contribution < -0.4 is 0 Å². The maximum absolute atomic E-state index is 12.7. The molecule has 0 bridgehead atoms. The van der Waals surface area contributed by atoms with Crippen molar-refractivity contribution in [3.8, 4) is 0 Å². The first kappa shape index (κ1) is 15.0. The van der Waals surface area contributed by atoms with E-state index in [9.17, 15) is 9.59 Å². The number of carbonyl (C=O) groups is 2. The number of amides is 2. The van der Waals surface area contributed by atoms with Crippen LogP contribution in [-0.4, -0.2) is 48.8 Å². The Balaban J connectivity index is 2.03. The summed E-state index contributed by atoms with van der Waals surface area (Å²) in [6, 6.07) is 8.90. The van der Waals surface area contributed by atoms with Crippen LogP contribution in [0.2, 0.25) is 5.02 Å². The van der Waals surface area contributed by atoms with Gasteiger partial charge >= 0.3 is 0 Å². The first-order valence-electron chi connectivity index (χ1n) is 7.22. The van der Waals surface area contributed by atoms with Gasteiger partial charge in [-0.25, -0.2) is 0 Å². The lowest BCUT2D eigenvalue weighted by molar-refractivity contribution is 0.0606. The number of carbonyl (C=O) groups excluding carboxylic acids is 2. The molecule has 0 N–H and O–H groups in total. The van der Waals surface area contributed by atoms with E-state index in [0.717, 1.165) is 18.4 Å². The number of hydrogen-bond donors (Lipinski definition) is 0. The summed E-state index contributed by atoms with van der Waals surface area (Å²) in [4.78, 5) is 28.7. The molecule has 0 atom stereocenters. The lowest BCUT2D eigenvalue weighted by Gasteiger charge is -2.27. The van der Waals surface area contributed by atoms with Crippen LogP contribution in [0.4, 0.5) is 0 Å². The number of nitrogens with zero attached hydrogens (tertiary/aromatic N) is 2. The van der Waals surface area contributed by atoms with Gasteiger partial charge in [0.05, 0.1) is 5.56 Å². The smallest absolute Gasteiger partial charge is 0.261 e. The van der Waals surface area contributed by atoms with E-state index in [1.807, 2.05) is 31.1 Å². The quantitative estimate of drug-likeness (QED) is 0.814.